The number of hydrogen-bond acceptors (Lipinski definition) is 2. The maximum Gasteiger partial charge on any atom is 0.252 e. The van der Waals surface area contributed by atoms with E-state index in [9.17, 15) is 0 Å². The zero-order valence-electron chi connectivity index (χ0n) is 48.8. The van der Waals surface area contributed by atoms with Gasteiger partial charge in [-0.2, -0.15) is 0 Å². The lowest BCUT2D eigenvalue weighted by atomic mass is 9.33. The zero-order chi connectivity index (χ0) is 56.4. The van der Waals surface area contributed by atoms with Crippen LogP contribution in [-0.4, -0.2) is 22.9 Å². The van der Waals surface area contributed by atoms with E-state index in [-0.39, 0.29) is 17.5 Å². The third-order valence-corrected chi connectivity index (χ3v) is 31.6. The number of para-hydroxylation sites is 1. The van der Waals surface area contributed by atoms with Crippen LogP contribution < -0.4 is 67.7 Å². The quantitative estimate of drug-likeness (QED) is 0.147. The second kappa shape index (κ2) is 18.3. The number of benzene rings is 11. The molecule has 5 heteroatoms. The Morgan fingerprint density at radius 3 is 1.22 bits per heavy atom. The molecule has 0 unspecified atom stereocenters. The monoisotopic (exact) mass is 1120 g/mol. The first-order chi connectivity index (χ1) is 41.7. The average Bonchev–Trinajstić information content (AvgIpc) is 1.80. The normalized spacial score (nSPS) is 20.9. The summed E-state index contributed by atoms with van der Waals surface area (Å²) in [6, 6.07) is 103. The van der Waals surface area contributed by atoms with Crippen LogP contribution in [0.15, 0.2) is 261 Å². The van der Waals surface area contributed by atoms with Gasteiger partial charge in [0, 0.05) is 34.1 Å². The highest BCUT2D eigenvalue weighted by Gasteiger charge is 2.55. The number of rotatable bonds is 7. The average molecular weight is 1120 g/mol. The van der Waals surface area contributed by atoms with Gasteiger partial charge in [0.2, 0.25) is 0 Å². The van der Waals surface area contributed by atoms with Crippen molar-refractivity contribution in [1.29, 1.82) is 0 Å². The molecule has 85 heavy (non-hydrogen) atoms. The maximum atomic E-state index is 2.77. The summed E-state index contributed by atoms with van der Waals surface area (Å²) in [7, 11) is -5.68. The molecule has 4 aliphatic heterocycles. The number of anilines is 6. The fourth-order valence-electron chi connectivity index (χ4n) is 18.9. The lowest BCUT2D eigenvalue weighted by molar-refractivity contribution is -0.00514. The molecule has 0 spiro atoms. The Morgan fingerprint density at radius 2 is 0.765 bits per heavy atom. The van der Waals surface area contributed by atoms with Crippen molar-refractivity contribution in [3.63, 3.8) is 0 Å². The molecule has 0 amide bonds. The summed E-state index contributed by atoms with van der Waals surface area (Å²) < 4.78 is 0. The van der Waals surface area contributed by atoms with Gasteiger partial charge in [-0.1, -0.05) is 233 Å². The number of fused-ring (bicyclic) bond motifs is 10. The third kappa shape index (κ3) is 6.94. The van der Waals surface area contributed by atoms with E-state index >= 15 is 0 Å². The Labute approximate surface area is 503 Å². The standard InChI is InChI=1S/C80H67BN2Si2/c1-79(2,3)56-36-41-71-69(45-56)81-68-32-18-19-33-70(68)82(58-37-39-66-64-30-16-20-34-74(64)84(76(66)48-58,60-22-8-4-9-23-60)61-24-10-5-11-25-61)72-46-57(80-50-53-42-54(51-80)44-55(43-53)52-80)47-73(78(72)81)83(71)59-38-40-67-65-31-17-21-35-75(65)85(77(67)49-59,62-26-12-6-13-27-62)63-28-14-7-15-29-63/h4-41,45-49,53-55H,42-44,50-52H2,1-3H3. The van der Waals surface area contributed by atoms with Gasteiger partial charge in [0.05, 0.1) is 0 Å². The minimum atomic E-state index is -2.84. The second-order valence-corrected chi connectivity index (χ2v) is 34.8. The molecule has 0 atom stereocenters. The summed E-state index contributed by atoms with van der Waals surface area (Å²) in [4.78, 5) is 5.53. The van der Waals surface area contributed by atoms with E-state index in [2.05, 4.69) is 291 Å². The van der Waals surface area contributed by atoms with Crippen LogP contribution in [0.3, 0.4) is 0 Å². The van der Waals surface area contributed by atoms with Crippen LogP contribution in [0.2, 0.25) is 0 Å². The molecule has 0 saturated heterocycles. The van der Waals surface area contributed by atoms with Crippen LogP contribution in [0.25, 0.3) is 22.3 Å². The van der Waals surface area contributed by atoms with Crippen LogP contribution in [0.5, 0.6) is 0 Å². The highest BCUT2D eigenvalue weighted by Crippen LogP contribution is 2.62. The van der Waals surface area contributed by atoms with Crippen molar-refractivity contribution in [3.05, 3.63) is 272 Å². The molecule has 11 aromatic rings. The topological polar surface area (TPSA) is 6.48 Å². The molecule has 2 nitrogen and oxygen atoms in total. The van der Waals surface area contributed by atoms with Crippen LogP contribution >= 0.6 is 0 Å². The van der Waals surface area contributed by atoms with E-state index in [1.54, 1.807) is 5.56 Å². The molecule has 4 aliphatic carbocycles. The molecule has 11 aromatic carbocycles. The SMILES string of the molecule is CC(C)(C)c1ccc2c(c1)B1c3ccccc3N(c3ccc4c(c3)[Si](c3ccccc3)(c3ccccc3)c3ccccc3-4)c3cc(C45CC6CC(CC(C6)C4)C5)cc(c31)N2c1ccc2c(c1)[Si](c1ccccc1)(c1ccccc1)c1ccccc1-2. The van der Waals surface area contributed by atoms with Gasteiger partial charge in [0.25, 0.3) is 6.71 Å². The molecule has 0 aromatic heterocycles. The molecule has 0 N–H and O–H groups in total. The Kier molecular flexibility index (Phi) is 10.7. The van der Waals surface area contributed by atoms with E-state index in [0.29, 0.717) is 0 Å². The molecule has 4 heterocycles. The molecular weight excluding hydrogens is 1060 g/mol. The minimum Gasteiger partial charge on any atom is -0.311 e. The summed E-state index contributed by atoms with van der Waals surface area (Å²) in [5, 5.41) is 11.6. The van der Waals surface area contributed by atoms with Gasteiger partial charge in [-0.05, 0) is 207 Å². The molecule has 8 aliphatic rings. The maximum absolute atomic E-state index is 2.84. The van der Waals surface area contributed by atoms with Crippen LogP contribution in [0.1, 0.15) is 70.4 Å². The smallest absolute Gasteiger partial charge is 0.252 e. The van der Waals surface area contributed by atoms with Gasteiger partial charge in [0.1, 0.15) is 0 Å². The Morgan fingerprint density at radius 1 is 0.365 bits per heavy atom. The Balaban J connectivity index is 0.935. The van der Waals surface area contributed by atoms with Gasteiger partial charge in [-0.3, -0.25) is 0 Å². The zero-order valence-corrected chi connectivity index (χ0v) is 50.8. The Bertz CT molecular complexity index is 4400. The molecule has 4 bridgehead atoms. The first-order valence-electron chi connectivity index (χ1n) is 31.4. The van der Waals surface area contributed by atoms with Crippen LogP contribution in [-0.2, 0) is 10.8 Å². The van der Waals surface area contributed by atoms with Crippen molar-refractivity contribution in [2.24, 2.45) is 17.8 Å². The van der Waals surface area contributed by atoms with Crippen molar-refractivity contribution in [1.82, 2.24) is 0 Å². The predicted molar refractivity (Wildman–Crippen MR) is 364 cm³/mol. The van der Waals surface area contributed by atoms with E-state index in [1.807, 2.05) is 0 Å². The van der Waals surface area contributed by atoms with Gasteiger partial charge in [0.15, 0.2) is 16.1 Å². The highest BCUT2D eigenvalue weighted by atomic mass is 28.3. The van der Waals surface area contributed by atoms with Gasteiger partial charge in [-0.25, -0.2) is 0 Å². The summed E-state index contributed by atoms with van der Waals surface area (Å²) in [5.74, 6) is 2.40. The van der Waals surface area contributed by atoms with Crippen molar-refractivity contribution in [3.8, 4) is 22.3 Å². The van der Waals surface area contributed by atoms with Gasteiger partial charge >= 0.3 is 0 Å². The van der Waals surface area contributed by atoms with E-state index in [1.165, 1.54) is 158 Å². The fourth-order valence-corrected chi connectivity index (χ4v) is 29.3. The van der Waals surface area contributed by atoms with Crippen LogP contribution in [0.4, 0.5) is 34.1 Å². The largest absolute Gasteiger partial charge is 0.311 e. The first kappa shape index (κ1) is 49.9. The van der Waals surface area contributed by atoms with E-state index in [4.69, 9.17) is 0 Å². The predicted octanol–water partition coefficient (Wildman–Crippen LogP) is 12.3. The third-order valence-electron chi connectivity index (χ3n) is 21.9. The summed E-state index contributed by atoms with van der Waals surface area (Å²) >= 11 is 0. The van der Waals surface area contributed by atoms with Crippen LogP contribution in [0, 0.1) is 17.8 Å². The number of hydrogen-bond donors (Lipinski definition) is 0. The van der Waals surface area contributed by atoms with Crippen molar-refractivity contribution in [2.75, 3.05) is 9.80 Å². The molecular formula is C80H67BN2Si2. The molecule has 19 rings (SSSR count). The molecule has 4 saturated carbocycles. The van der Waals surface area contributed by atoms with E-state index < -0.39 is 16.1 Å². The summed E-state index contributed by atoms with van der Waals surface area (Å²) in [6.45, 7) is 7.18. The minimum absolute atomic E-state index is 0.0120. The Hall–Kier alpha value is -8.48. The second-order valence-electron chi connectivity index (χ2n) is 27.3. The van der Waals surface area contributed by atoms with Crippen molar-refractivity contribution in [2.45, 2.75) is 70.1 Å². The lowest BCUT2D eigenvalue weighted by Crippen LogP contribution is -2.72. The first-order valence-corrected chi connectivity index (χ1v) is 35.4. The fraction of sp³-hybridized carbons (Fsp3) is 0.175. The summed E-state index contributed by atoms with van der Waals surface area (Å²) in [5.41, 5.74) is 20.4. The number of nitrogens with zero attached hydrogens (tertiary/aromatic N) is 2. The molecule has 0 radical (unpaired) electrons. The van der Waals surface area contributed by atoms with Crippen molar-refractivity contribution >= 4 is 115 Å². The van der Waals surface area contributed by atoms with Crippen molar-refractivity contribution < 1.29 is 0 Å². The molecule has 4 fully saturated rings. The van der Waals surface area contributed by atoms with Gasteiger partial charge in [-0.15, -0.1) is 0 Å². The summed E-state index contributed by atoms with van der Waals surface area (Å²) in [6.07, 6.45) is 8.11. The van der Waals surface area contributed by atoms with Gasteiger partial charge < -0.3 is 9.80 Å². The molecule has 408 valence electrons. The lowest BCUT2D eigenvalue weighted by Gasteiger charge is -2.57. The van der Waals surface area contributed by atoms with E-state index in [0.717, 1.165) is 17.8 Å². The highest BCUT2D eigenvalue weighted by molar-refractivity contribution is 7.23.